The molecule has 2 amide bonds. The number of hydrogen-bond acceptors (Lipinski definition) is 5. The van der Waals surface area contributed by atoms with Crippen LogP contribution in [0.15, 0.2) is 24.3 Å². The summed E-state index contributed by atoms with van der Waals surface area (Å²) < 4.78 is 1.54. The Morgan fingerprint density at radius 3 is 2.59 bits per heavy atom. The largest absolute Gasteiger partial charge is 0.326 e. The predicted octanol–water partition coefficient (Wildman–Crippen LogP) is 2.65. The Labute approximate surface area is 156 Å². The molecule has 0 spiro atoms. The van der Waals surface area contributed by atoms with E-state index >= 15 is 0 Å². The fourth-order valence-corrected chi connectivity index (χ4v) is 2.86. The molecule has 2 N–H and O–H groups in total. The molecule has 0 atom stereocenters. The lowest BCUT2D eigenvalue weighted by Gasteiger charge is -2.10. The minimum atomic E-state index is -0.425. The highest BCUT2D eigenvalue weighted by Gasteiger charge is 2.29. The lowest BCUT2D eigenvalue weighted by atomic mass is 10.1. The molecule has 0 saturated heterocycles. The van der Waals surface area contributed by atoms with E-state index < -0.39 is 5.91 Å². The molecule has 0 unspecified atom stereocenters. The molecule has 27 heavy (non-hydrogen) atoms. The molecule has 3 aromatic rings. The number of amides is 2. The summed E-state index contributed by atoms with van der Waals surface area (Å²) in [6, 6.07) is 7.30. The average molecular weight is 364 g/mol. The first kappa shape index (κ1) is 17.1. The smallest absolute Gasteiger partial charge is 0.295 e. The zero-order valence-electron chi connectivity index (χ0n) is 15.4. The van der Waals surface area contributed by atoms with Gasteiger partial charge in [-0.05, 0) is 57.4 Å². The number of aromatic nitrogens is 4. The molecule has 1 aromatic carbocycles. The van der Waals surface area contributed by atoms with Gasteiger partial charge in [0.05, 0.1) is 0 Å². The lowest BCUT2D eigenvalue weighted by Crippen LogP contribution is -2.16. The summed E-state index contributed by atoms with van der Waals surface area (Å²) >= 11 is 0. The van der Waals surface area contributed by atoms with Gasteiger partial charge in [-0.15, -0.1) is 5.10 Å². The third kappa shape index (κ3) is 3.51. The van der Waals surface area contributed by atoms with Crippen molar-refractivity contribution in [3.8, 4) is 0 Å². The third-order valence-electron chi connectivity index (χ3n) is 4.52. The molecule has 4 rings (SSSR count). The van der Waals surface area contributed by atoms with Crippen LogP contribution in [-0.4, -0.2) is 31.4 Å². The highest BCUT2D eigenvalue weighted by atomic mass is 16.2. The molecule has 8 nitrogen and oxygen atoms in total. The summed E-state index contributed by atoms with van der Waals surface area (Å²) in [5.41, 5.74) is 3.80. The van der Waals surface area contributed by atoms with Gasteiger partial charge in [0.2, 0.25) is 11.7 Å². The van der Waals surface area contributed by atoms with Crippen LogP contribution in [0, 0.1) is 26.7 Å². The molecule has 138 valence electrons. The van der Waals surface area contributed by atoms with Crippen molar-refractivity contribution >= 4 is 29.0 Å². The Bertz CT molecular complexity index is 1070. The van der Waals surface area contributed by atoms with Crippen LogP contribution in [-0.2, 0) is 4.79 Å². The molecule has 1 saturated carbocycles. The van der Waals surface area contributed by atoms with Crippen LogP contribution in [0.1, 0.15) is 40.4 Å². The first-order valence-electron chi connectivity index (χ1n) is 8.84. The fraction of sp³-hybridized carbons (Fsp3) is 0.316. The number of carbonyl (C=O) groups excluding carboxylic acids is 2. The van der Waals surface area contributed by atoms with Gasteiger partial charge in [0, 0.05) is 28.7 Å². The molecular formula is C19H20N6O2. The molecule has 1 aliphatic carbocycles. The Hall–Kier alpha value is -3.29. The van der Waals surface area contributed by atoms with Crippen molar-refractivity contribution in [2.45, 2.75) is 33.6 Å². The number of anilines is 2. The molecule has 0 radical (unpaired) electrons. The number of carbonyl (C=O) groups is 2. The van der Waals surface area contributed by atoms with Crippen LogP contribution in [0.5, 0.6) is 0 Å². The lowest BCUT2D eigenvalue weighted by molar-refractivity contribution is -0.117. The second-order valence-corrected chi connectivity index (χ2v) is 6.93. The third-order valence-corrected chi connectivity index (χ3v) is 4.52. The fourth-order valence-electron chi connectivity index (χ4n) is 2.86. The second kappa shape index (κ2) is 6.46. The maximum Gasteiger partial charge on any atom is 0.295 e. The molecule has 1 fully saturated rings. The maximum atomic E-state index is 12.6. The van der Waals surface area contributed by atoms with Crippen molar-refractivity contribution in [2.75, 3.05) is 10.6 Å². The van der Waals surface area contributed by atoms with Gasteiger partial charge >= 0.3 is 0 Å². The Kier molecular flexibility index (Phi) is 4.10. The van der Waals surface area contributed by atoms with Crippen LogP contribution in [0.25, 0.3) is 5.78 Å². The quantitative estimate of drug-likeness (QED) is 0.741. The molecule has 8 heteroatoms. The summed E-state index contributed by atoms with van der Waals surface area (Å²) in [5.74, 6) is 0.148. The zero-order chi connectivity index (χ0) is 19.1. The Balaban J connectivity index is 1.57. The number of fused-ring (bicyclic) bond motifs is 1. The summed E-state index contributed by atoms with van der Waals surface area (Å²) in [6.07, 6.45) is 1.88. The van der Waals surface area contributed by atoms with Crippen LogP contribution in [0.3, 0.4) is 0 Å². The summed E-state index contributed by atoms with van der Waals surface area (Å²) in [6.45, 7) is 5.63. The van der Waals surface area contributed by atoms with E-state index in [0.717, 1.165) is 29.8 Å². The predicted molar refractivity (Wildman–Crippen MR) is 101 cm³/mol. The van der Waals surface area contributed by atoms with Gasteiger partial charge in [0.1, 0.15) is 0 Å². The van der Waals surface area contributed by atoms with Gasteiger partial charge in [-0.25, -0.2) is 9.50 Å². The first-order chi connectivity index (χ1) is 12.9. The van der Waals surface area contributed by atoms with Crippen LogP contribution in [0.4, 0.5) is 11.4 Å². The van der Waals surface area contributed by atoms with Crippen molar-refractivity contribution in [1.82, 2.24) is 19.6 Å². The summed E-state index contributed by atoms with van der Waals surface area (Å²) in [5, 5.41) is 9.95. The molecule has 2 aromatic heterocycles. The maximum absolute atomic E-state index is 12.6. The van der Waals surface area contributed by atoms with E-state index in [4.69, 9.17) is 0 Å². The number of benzene rings is 1. The van der Waals surface area contributed by atoms with E-state index in [9.17, 15) is 9.59 Å². The monoisotopic (exact) mass is 364 g/mol. The van der Waals surface area contributed by atoms with Crippen molar-refractivity contribution < 1.29 is 9.59 Å². The van der Waals surface area contributed by atoms with Gasteiger partial charge in [0.15, 0.2) is 0 Å². The first-order valence-corrected chi connectivity index (χ1v) is 8.84. The van der Waals surface area contributed by atoms with Gasteiger partial charge in [-0.3, -0.25) is 9.59 Å². The van der Waals surface area contributed by atoms with Gasteiger partial charge in [-0.1, -0.05) is 6.07 Å². The van der Waals surface area contributed by atoms with E-state index in [2.05, 4.69) is 25.7 Å². The Morgan fingerprint density at radius 1 is 1.07 bits per heavy atom. The normalized spacial score (nSPS) is 13.6. The summed E-state index contributed by atoms with van der Waals surface area (Å²) in [7, 11) is 0. The van der Waals surface area contributed by atoms with Crippen LogP contribution in [0.2, 0.25) is 0 Å². The van der Waals surface area contributed by atoms with Crippen molar-refractivity contribution in [3.63, 3.8) is 0 Å². The minimum absolute atomic E-state index is 0.0232. The van der Waals surface area contributed by atoms with E-state index in [1.807, 2.05) is 39.0 Å². The molecular weight excluding hydrogens is 344 g/mol. The van der Waals surface area contributed by atoms with Gasteiger partial charge < -0.3 is 10.6 Å². The van der Waals surface area contributed by atoms with E-state index in [-0.39, 0.29) is 17.6 Å². The zero-order valence-corrected chi connectivity index (χ0v) is 15.4. The minimum Gasteiger partial charge on any atom is -0.326 e. The number of aryl methyl sites for hydroxylation is 3. The molecule has 0 aliphatic heterocycles. The van der Waals surface area contributed by atoms with E-state index in [1.165, 1.54) is 0 Å². The second-order valence-electron chi connectivity index (χ2n) is 6.93. The number of rotatable bonds is 4. The average Bonchev–Trinajstić information content (AvgIpc) is 3.37. The van der Waals surface area contributed by atoms with Gasteiger partial charge in [-0.2, -0.15) is 4.98 Å². The SMILES string of the molecule is Cc1cc(C)n2nc(C(=O)Nc3cc(NC(=O)C4CC4)ccc3C)nc2n1. The molecule has 1 aliphatic rings. The van der Waals surface area contributed by atoms with Crippen molar-refractivity contribution in [1.29, 1.82) is 0 Å². The number of hydrogen-bond donors (Lipinski definition) is 2. The number of nitrogens with one attached hydrogen (secondary N) is 2. The highest BCUT2D eigenvalue weighted by Crippen LogP contribution is 2.30. The van der Waals surface area contributed by atoms with Crippen LogP contribution < -0.4 is 10.6 Å². The highest BCUT2D eigenvalue weighted by molar-refractivity contribution is 6.03. The topological polar surface area (TPSA) is 101 Å². The molecule has 2 heterocycles. The molecule has 0 bridgehead atoms. The van der Waals surface area contributed by atoms with Gasteiger partial charge in [0.25, 0.3) is 11.7 Å². The Morgan fingerprint density at radius 2 is 1.85 bits per heavy atom. The summed E-state index contributed by atoms with van der Waals surface area (Å²) in [4.78, 5) is 33.1. The standard InChI is InChI=1S/C19H20N6O2/c1-10-4-7-14(21-17(26)13-5-6-13)9-15(10)22-18(27)16-23-19-20-11(2)8-12(3)25(19)24-16/h4,7-9,13H,5-6H2,1-3H3,(H,21,26)(H,22,27). The van der Waals surface area contributed by atoms with E-state index in [0.29, 0.717) is 17.2 Å². The van der Waals surface area contributed by atoms with E-state index in [1.54, 1.807) is 10.6 Å². The van der Waals surface area contributed by atoms with Crippen LogP contribution >= 0.6 is 0 Å². The number of nitrogens with zero attached hydrogens (tertiary/aromatic N) is 4. The van der Waals surface area contributed by atoms with Crippen molar-refractivity contribution in [3.05, 3.63) is 47.0 Å². The van der Waals surface area contributed by atoms with Crippen molar-refractivity contribution in [2.24, 2.45) is 5.92 Å².